The molecule has 1 nitrogen and oxygen atoms in total. The van der Waals surface area contributed by atoms with Gasteiger partial charge in [-0.15, -0.1) is 0 Å². The van der Waals surface area contributed by atoms with Crippen molar-refractivity contribution in [1.82, 2.24) is 4.98 Å². The summed E-state index contributed by atoms with van der Waals surface area (Å²) in [5.41, 5.74) is 0. The standard InChI is InChI=1S/C5H5N.Dy/c1-2-4-6-5-3-1;/h1-5H;. The molecule has 1 aromatic heterocycles. The Hall–Kier alpha value is 0.423. The van der Waals surface area contributed by atoms with Gasteiger partial charge in [0.25, 0.3) is 0 Å². The molecule has 1 aromatic rings. The van der Waals surface area contributed by atoms with Crippen LogP contribution in [0.4, 0.5) is 0 Å². The average molecular weight is 242 g/mol. The predicted molar refractivity (Wildman–Crippen MR) is 24.2 cm³/mol. The molecule has 7 heavy (non-hydrogen) atoms. The van der Waals surface area contributed by atoms with Gasteiger partial charge in [-0.05, 0) is 12.1 Å². The van der Waals surface area contributed by atoms with E-state index < -0.39 is 0 Å². The second-order valence-corrected chi connectivity index (χ2v) is 1.02. The smallest absolute Gasteiger partial charge is 0.0267 e. The Bertz CT molecular complexity index is 80.0. The van der Waals surface area contributed by atoms with Crippen molar-refractivity contribution >= 4 is 0 Å². The van der Waals surface area contributed by atoms with Crippen molar-refractivity contribution in [2.24, 2.45) is 0 Å². The summed E-state index contributed by atoms with van der Waals surface area (Å²) < 4.78 is 0. The Morgan fingerprint density at radius 2 is 1.43 bits per heavy atom. The molecular weight excluding hydrogens is 237 g/mol. The molecule has 0 aliphatic carbocycles. The zero-order valence-electron chi connectivity index (χ0n) is 3.65. The van der Waals surface area contributed by atoms with Gasteiger partial charge in [-0.25, -0.2) is 0 Å². The number of nitrogens with zero attached hydrogens (tertiary/aromatic N) is 1. The van der Waals surface area contributed by atoms with Crippen LogP contribution in [0.25, 0.3) is 0 Å². The normalized spacial score (nSPS) is 6.86. The minimum absolute atomic E-state index is 0. The third-order valence-electron chi connectivity index (χ3n) is 0.566. The maximum atomic E-state index is 3.78. The van der Waals surface area contributed by atoms with Crippen molar-refractivity contribution in [3.8, 4) is 0 Å². The summed E-state index contributed by atoms with van der Waals surface area (Å²) in [6.07, 6.45) is 3.50. The number of aromatic nitrogens is 1. The monoisotopic (exact) mass is 243 g/mol. The van der Waals surface area contributed by atoms with Gasteiger partial charge < -0.3 is 0 Å². The van der Waals surface area contributed by atoms with Crippen LogP contribution in [0.5, 0.6) is 0 Å². The maximum absolute atomic E-state index is 3.78. The second-order valence-electron chi connectivity index (χ2n) is 1.02. The molecule has 0 atom stereocenters. The van der Waals surface area contributed by atoms with E-state index in [4.69, 9.17) is 0 Å². The summed E-state index contributed by atoms with van der Waals surface area (Å²) in [5, 5.41) is 0. The Balaban J connectivity index is 0.000000360. The molecule has 0 unspecified atom stereocenters. The quantitative estimate of drug-likeness (QED) is 0.663. The fraction of sp³-hybridized carbons (Fsp3) is 0. The maximum Gasteiger partial charge on any atom is 0.0267 e. The molecule has 1 heterocycles. The van der Waals surface area contributed by atoms with E-state index in [1.54, 1.807) is 12.4 Å². The molecule has 0 aliphatic rings. The van der Waals surface area contributed by atoms with E-state index in [0.717, 1.165) is 0 Å². The van der Waals surface area contributed by atoms with Gasteiger partial charge in [-0.3, -0.25) is 4.98 Å². The van der Waals surface area contributed by atoms with Crippen LogP contribution < -0.4 is 0 Å². The van der Waals surface area contributed by atoms with Gasteiger partial charge in [-0.1, -0.05) is 6.07 Å². The van der Waals surface area contributed by atoms with Crippen molar-refractivity contribution in [3.63, 3.8) is 0 Å². The first-order valence-electron chi connectivity index (χ1n) is 1.85. The molecule has 0 saturated heterocycles. The molecule has 40 valence electrons. The molecule has 0 bridgehead atoms. The van der Waals surface area contributed by atoms with Crippen LogP contribution in [-0.4, -0.2) is 4.98 Å². The van der Waals surface area contributed by atoms with Gasteiger partial charge in [-0.2, -0.15) is 0 Å². The molecule has 0 fully saturated rings. The Morgan fingerprint density at radius 1 is 0.857 bits per heavy atom. The first-order chi connectivity index (χ1) is 3.00. The van der Waals surface area contributed by atoms with Gasteiger partial charge >= 0.3 is 0 Å². The average Bonchev–Trinajstić information content (AvgIpc) is 1.72. The van der Waals surface area contributed by atoms with E-state index in [1.807, 2.05) is 18.2 Å². The van der Waals surface area contributed by atoms with E-state index in [0.29, 0.717) is 0 Å². The molecule has 0 aromatic carbocycles. The van der Waals surface area contributed by atoms with Crippen LogP contribution in [0.1, 0.15) is 0 Å². The first-order valence-corrected chi connectivity index (χ1v) is 1.85. The fourth-order valence-corrected chi connectivity index (χ4v) is 0.313. The molecule has 0 spiro atoms. The van der Waals surface area contributed by atoms with Crippen molar-refractivity contribution < 1.29 is 38.2 Å². The topological polar surface area (TPSA) is 12.9 Å². The largest absolute Gasteiger partial charge is 0.265 e. The van der Waals surface area contributed by atoms with Gasteiger partial charge in [0, 0.05) is 50.6 Å². The molecule has 0 saturated carbocycles. The summed E-state index contributed by atoms with van der Waals surface area (Å²) in [4.78, 5) is 3.78. The van der Waals surface area contributed by atoms with Crippen LogP contribution in [0.3, 0.4) is 0 Å². The minimum atomic E-state index is 0. The van der Waals surface area contributed by atoms with Gasteiger partial charge in [0.1, 0.15) is 0 Å². The van der Waals surface area contributed by atoms with E-state index in [9.17, 15) is 0 Å². The molecule has 1 rings (SSSR count). The second kappa shape index (κ2) is 4.58. The number of rotatable bonds is 0. The Labute approximate surface area is 73.2 Å². The molecule has 0 amide bonds. The van der Waals surface area contributed by atoms with Crippen molar-refractivity contribution in [2.75, 3.05) is 0 Å². The van der Waals surface area contributed by atoms with Crippen LogP contribution in [-0.2, 0) is 0 Å². The molecular formula is C5H5DyN. The van der Waals surface area contributed by atoms with Crippen LogP contribution in [0.2, 0.25) is 0 Å². The fourth-order valence-electron chi connectivity index (χ4n) is 0.313. The Kier molecular flexibility index (Phi) is 4.85. The summed E-state index contributed by atoms with van der Waals surface area (Å²) in [7, 11) is 0. The SMILES string of the molecule is [Dy].c1ccncc1. The number of hydrogen-bond acceptors (Lipinski definition) is 1. The van der Waals surface area contributed by atoms with Crippen LogP contribution in [0.15, 0.2) is 30.6 Å². The van der Waals surface area contributed by atoms with Gasteiger partial charge in [0.05, 0.1) is 0 Å². The number of hydrogen-bond donors (Lipinski definition) is 0. The first kappa shape index (κ1) is 7.42. The summed E-state index contributed by atoms with van der Waals surface area (Å²) in [6.45, 7) is 0. The summed E-state index contributed by atoms with van der Waals surface area (Å²) in [6, 6.07) is 5.72. The zero-order valence-corrected chi connectivity index (χ0v) is 5.68. The third kappa shape index (κ3) is 3.05. The van der Waals surface area contributed by atoms with Crippen molar-refractivity contribution in [2.45, 2.75) is 0 Å². The Morgan fingerprint density at radius 3 is 1.57 bits per heavy atom. The molecule has 2 heteroatoms. The van der Waals surface area contributed by atoms with Crippen LogP contribution in [0, 0.1) is 38.2 Å². The van der Waals surface area contributed by atoms with E-state index in [-0.39, 0.29) is 38.2 Å². The van der Waals surface area contributed by atoms with Crippen molar-refractivity contribution in [3.05, 3.63) is 30.6 Å². The summed E-state index contributed by atoms with van der Waals surface area (Å²) >= 11 is 0. The zero-order chi connectivity index (χ0) is 4.24. The summed E-state index contributed by atoms with van der Waals surface area (Å²) in [5.74, 6) is 0. The number of pyridine rings is 1. The predicted octanol–water partition coefficient (Wildman–Crippen LogP) is 1.08. The van der Waals surface area contributed by atoms with Gasteiger partial charge in [0.2, 0.25) is 0 Å². The van der Waals surface area contributed by atoms with E-state index in [1.165, 1.54) is 0 Å². The van der Waals surface area contributed by atoms with Crippen LogP contribution >= 0.6 is 0 Å². The molecule has 0 N–H and O–H groups in total. The molecule has 0 aliphatic heterocycles. The van der Waals surface area contributed by atoms with E-state index >= 15 is 0 Å². The minimum Gasteiger partial charge on any atom is -0.265 e. The molecule has 0 radical (unpaired) electrons. The third-order valence-corrected chi connectivity index (χ3v) is 0.566. The van der Waals surface area contributed by atoms with E-state index in [2.05, 4.69) is 4.98 Å². The van der Waals surface area contributed by atoms with Gasteiger partial charge in [0.15, 0.2) is 0 Å². The van der Waals surface area contributed by atoms with Crippen molar-refractivity contribution in [1.29, 1.82) is 0 Å².